The fourth-order valence-electron chi connectivity index (χ4n) is 1.73. The number of nitrogens with zero attached hydrogens (tertiary/aromatic N) is 2. The lowest BCUT2D eigenvalue weighted by molar-refractivity contribution is -0.119. The van der Waals surface area contributed by atoms with Crippen LogP contribution in [0.1, 0.15) is 18.7 Å². The fourth-order valence-corrected chi connectivity index (χ4v) is 1.73. The average molecular weight is 228 g/mol. The third-order valence-electron chi connectivity index (χ3n) is 2.86. The lowest BCUT2D eigenvalue weighted by Gasteiger charge is -1.91. The Labute approximate surface area is 98.7 Å². The molecule has 0 amide bonds. The molecule has 17 heavy (non-hydrogen) atoms. The third kappa shape index (κ3) is 2.25. The molecule has 0 atom stereocenters. The number of aromatic nitrogens is 2. The van der Waals surface area contributed by atoms with Gasteiger partial charge in [0.1, 0.15) is 5.78 Å². The van der Waals surface area contributed by atoms with Crippen LogP contribution in [-0.4, -0.2) is 15.9 Å². The highest BCUT2D eigenvalue weighted by Gasteiger charge is 2.30. The summed E-state index contributed by atoms with van der Waals surface area (Å²) in [5.74, 6) is 1.42. The highest BCUT2D eigenvalue weighted by Crippen LogP contribution is 2.30. The van der Waals surface area contributed by atoms with Crippen LogP contribution in [0.5, 0.6) is 0 Å². The molecule has 1 aromatic carbocycles. The van der Waals surface area contributed by atoms with Crippen molar-refractivity contribution < 1.29 is 9.32 Å². The predicted molar refractivity (Wildman–Crippen MR) is 61.2 cm³/mol. The van der Waals surface area contributed by atoms with Gasteiger partial charge in [-0.05, 0) is 12.8 Å². The summed E-state index contributed by atoms with van der Waals surface area (Å²) < 4.78 is 5.09. The number of rotatable bonds is 4. The van der Waals surface area contributed by atoms with Crippen molar-refractivity contribution in [2.45, 2.75) is 19.3 Å². The van der Waals surface area contributed by atoms with E-state index < -0.39 is 0 Å². The summed E-state index contributed by atoms with van der Waals surface area (Å²) in [4.78, 5) is 15.8. The molecule has 4 nitrogen and oxygen atoms in total. The number of hydrogen-bond donors (Lipinski definition) is 0. The number of benzene rings is 1. The zero-order valence-corrected chi connectivity index (χ0v) is 9.30. The van der Waals surface area contributed by atoms with E-state index in [9.17, 15) is 4.79 Å². The summed E-state index contributed by atoms with van der Waals surface area (Å²) in [6, 6.07) is 9.59. The molecule has 1 fully saturated rings. The first kappa shape index (κ1) is 10.2. The van der Waals surface area contributed by atoms with Crippen LogP contribution in [0.3, 0.4) is 0 Å². The molecule has 0 saturated heterocycles. The van der Waals surface area contributed by atoms with Gasteiger partial charge in [0.25, 0.3) is 0 Å². The van der Waals surface area contributed by atoms with Gasteiger partial charge in [-0.25, -0.2) is 0 Å². The molecule has 0 aliphatic heterocycles. The summed E-state index contributed by atoms with van der Waals surface area (Å²) in [6.45, 7) is 0. The Balaban J connectivity index is 1.76. The smallest absolute Gasteiger partial charge is 0.234 e. The molecule has 4 heteroatoms. The van der Waals surface area contributed by atoms with Crippen LogP contribution in [0.4, 0.5) is 0 Å². The Morgan fingerprint density at radius 3 is 2.76 bits per heavy atom. The van der Waals surface area contributed by atoms with Gasteiger partial charge in [-0.1, -0.05) is 35.5 Å². The molecule has 1 heterocycles. The summed E-state index contributed by atoms with van der Waals surface area (Å²) in [6.07, 6.45) is 2.29. The molecule has 2 aromatic rings. The number of carbonyl (C=O) groups is 1. The zero-order valence-electron chi connectivity index (χ0n) is 9.30. The van der Waals surface area contributed by atoms with Crippen LogP contribution in [0.15, 0.2) is 34.9 Å². The van der Waals surface area contributed by atoms with Crippen molar-refractivity contribution in [1.29, 1.82) is 0 Å². The molecule has 1 aliphatic carbocycles. The Kier molecular flexibility index (Phi) is 2.48. The zero-order chi connectivity index (χ0) is 11.7. The molecule has 0 radical (unpaired) electrons. The number of carbonyl (C=O) groups excluding carboxylic acids is 1. The Hall–Kier alpha value is -1.97. The molecule has 3 rings (SSSR count). The SMILES string of the molecule is O=C(Cc1nc(-c2ccccc2)no1)C1CC1. The van der Waals surface area contributed by atoms with E-state index in [-0.39, 0.29) is 18.1 Å². The molecular weight excluding hydrogens is 216 g/mol. The molecular formula is C13H12N2O2. The van der Waals surface area contributed by atoms with Crippen molar-refractivity contribution in [3.63, 3.8) is 0 Å². The monoisotopic (exact) mass is 228 g/mol. The number of Topliss-reactive ketones (excluding diaryl/α,β-unsaturated/α-hetero) is 1. The molecule has 0 unspecified atom stereocenters. The van der Waals surface area contributed by atoms with E-state index in [0.29, 0.717) is 11.7 Å². The maximum atomic E-state index is 11.6. The van der Waals surface area contributed by atoms with Crippen molar-refractivity contribution in [2.75, 3.05) is 0 Å². The molecule has 0 bridgehead atoms. The van der Waals surface area contributed by atoms with Crippen LogP contribution in [0, 0.1) is 5.92 Å². The van der Waals surface area contributed by atoms with E-state index in [1.165, 1.54) is 0 Å². The van der Waals surface area contributed by atoms with Crippen LogP contribution in [-0.2, 0) is 11.2 Å². The van der Waals surface area contributed by atoms with Crippen molar-refractivity contribution >= 4 is 5.78 Å². The van der Waals surface area contributed by atoms with E-state index in [1.54, 1.807) is 0 Å². The maximum Gasteiger partial charge on any atom is 0.234 e. The normalized spacial score (nSPS) is 14.8. The Bertz CT molecular complexity index is 529. The van der Waals surface area contributed by atoms with Crippen LogP contribution in [0.2, 0.25) is 0 Å². The predicted octanol–water partition coefficient (Wildman–Crippen LogP) is 2.26. The minimum Gasteiger partial charge on any atom is -0.339 e. The van der Waals surface area contributed by atoms with Gasteiger partial charge >= 0.3 is 0 Å². The lowest BCUT2D eigenvalue weighted by Crippen LogP contribution is -2.04. The van der Waals surface area contributed by atoms with Crippen LogP contribution in [0.25, 0.3) is 11.4 Å². The minimum atomic E-state index is 0.216. The van der Waals surface area contributed by atoms with Crippen LogP contribution < -0.4 is 0 Å². The second-order valence-corrected chi connectivity index (χ2v) is 4.30. The number of ketones is 1. The van der Waals surface area contributed by atoms with E-state index in [1.807, 2.05) is 30.3 Å². The quantitative estimate of drug-likeness (QED) is 0.805. The summed E-state index contributed by atoms with van der Waals surface area (Å²) >= 11 is 0. The standard InChI is InChI=1S/C13H12N2O2/c16-11(9-6-7-9)8-12-14-13(15-17-12)10-4-2-1-3-5-10/h1-5,9H,6-8H2. The molecule has 1 saturated carbocycles. The second-order valence-electron chi connectivity index (χ2n) is 4.30. The largest absolute Gasteiger partial charge is 0.339 e. The van der Waals surface area contributed by atoms with E-state index in [4.69, 9.17) is 4.52 Å². The minimum absolute atomic E-state index is 0.216. The van der Waals surface area contributed by atoms with E-state index >= 15 is 0 Å². The summed E-state index contributed by atoms with van der Waals surface area (Å²) in [5.41, 5.74) is 0.904. The molecule has 0 N–H and O–H groups in total. The highest BCUT2D eigenvalue weighted by atomic mass is 16.5. The number of hydrogen-bond acceptors (Lipinski definition) is 4. The first-order valence-electron chi connectivity index (χ1n) is 5.73. The van der Waals surface area contributed by atoms with Crippen molar-refractivity contribution in [2.24, 2.45) is 5.92 Å². The molecule has 86 valence electrons. The first-order chi connectivity index (χ1) is 8.33. The van der Waals surface area contributed by atoms with E-state index in [0.717, 1.165) is 18.4 Å². The van der Waals surface area contributed by atoms with Gasteiger partial charge in [-0.2, -0.15) is 4.98 Å². The van der Waals surface area contributed by atoms with Gasteiger partial charge in [0.2, 0.25) is 11.7 Å². The average Bonchev–Trinajstić information content (AvgIpc) is 3.12. The first-order valence-corrected chi connectivity index (χ1v) is 5.73. The van der Waals surface area contributed by atoms with Gasteiger partial charge in [0, 0.05) is 11.5 Å². The van der Waals surface area contributed by atoms with Crippen molar-refractivity contribution in [1.82, 2.24) is 10.1 Å². The fraction of sp³-hybridized carbons (Fsp3) is 0.308. The Morgan fingerprint density at radius 1 is 1.29 bits per heavy atom. The topological polar surface area (TPSA) is 56.0 Å². The summed E-state index contributed by atoms with van der Waals surface area (Å²) in [7, 11) is 0. The molecule has 0 spiro atoms. The van der Waals surface area contributed by atoms with Gasteiger partial charge < -0.3 is 4.52 Å². The lowest BCUT2D eigenvalue weighted by atomic mass is 10.2. The van der Waals surface area contributed by atoms with Gasteiger partial charge in [0.05, 0.1) is 6.42 Å². The second kappa shape index (κ2) is 4.13. The maximum absolute atomic E-state index is 11.6. The van der Waals surface area contributed by atoms with Crippen molar-refractivity contribution in [3.8, 4) is 11.4 Å². The van der Waals surface area contributed by atoms with Crippen molar-refractivity contribution in [3.05, 3.63) is 36.2 Å². The Morgan fingerprint density at radius 2 is 2.06 bits per heavy atom. The van der Waals surface area contributed by atoms with Gasteiger partial charge in [-0.15, -0.1) is 0 Å². The highest BCUT2D eigenvalue weighted by molar-refractivity contribution is 5.84. The molecule has 1 aliphatic rings. The third-order valence-corrected chi connectivity index (χ3v) is 2.86. The van der Waals surface area contributed by atoms with E-state index in [2.05, 4.69) is 10.1 Å². The van der Waals surface area contributed by atoms with Crippen LogP contribution >= 0.6 is 0 Å². The van der Waals surface area contributed by atoms with Gasteiger partial charge in [-0.3, -0.25) is 4.79 Å². The van der Waals surface area contributed by atoms with Gasteiger partial charge in [0.15, 0.2) is 0 Å². The summed E-state index contributed by atoms with van der Waals surface area (Å²) in [5, 5.41) is 3.88. The molecule has 1 aromatic heterocycles.